The summed E-state index contributed by atoms with van der Waals surface area (Å²) in [7, 11) is 0. The van der Waals surface area contributed by atoms with Crippen molar-refractivity contribution < 1.29 is 0 Å². The van der Waals surface area contributed by atoms with Gasteiger partial charge in [-0.3, -0.25) is 0 Å². The molecule has 0 aliphatic carbocycles. The molecule has 32 heavy (non-hydrogen) atoms. The summed E-state index contributed by atoms with van der Waals surface area (Å²) in [5.41, 5.74) is 2.74. The molecule has 0 unspecified atom stereocenters. The highest BCUT2D eigenvalue weighted by Gasteiger charge is 2.14. The van der Waals surface area contributed by atoms with Crippen LogP contribution in [-0.2, 0) is 6.54 Å². The summed E-state index contributed by atoms with van der Waals surface area (Å²) in [5, 5.41) is 4.35. The molecule has 170 valence electrons. The molecular weight excluding hydrogens is 447 g/mol. The van der Waals surface area contributed by atoms with E-state index < -0.39 is 0 Å². The van der Waals surface area contributed by atoms with Gasteiger partial charge < -0.3 is 4.57 Å². The maximum absolute atomic E-state index is 2.57. The first-order chi connectivity index (χ1) is 15.9. The Bertz CT molecular complexity index is 1020. The summed E-state index contributed by atoms with van der Waals surface area (Å²) in [6, 6.07) is 18.0. The van der Waals surface area contributed by atoms with Crippen LogP contribution in [0.3, 0.4) is 0 Å². The summed E-state index contributed by atoms with van der Waals surface area (Å²) < 4.78 is 2.57. The van der Waals surface area contributed by atoms with Crippen LogP contribution in [0.5, 0.6) is 0 Å². The van der Waals surface area contributed by atoms with Gasteiger partial charge in [0.1, 0.15) is 0 Å². The van der Waals surface area contributed by atoms with Crippen molar-refractivity contribution in [2.45, 2.75) is 77.7 Å². The molecule has 0 aliphatic heterocycles. The Kier molecular flexibility index (Phi) is 9.25. The zero-order valence-corrected chi connectivity index (χ0v) is 21.7. The largest absolute Gasteiger partial charge is 0.339 e. The van der Waals surface area contributed by atoms with Gasteiger partial charge in [0.2, 0.25) is 0 Å². The van der Waals surface area contributed by atoms with Gasteiger partial charge in [-0.15, -0.1) is 34.0 Å². The zero-order valence-electron chi connectivity index (χ0n) is 19.2. The Hall–Kier alpha value is -1.62. The molecule has 0 spiro atoms. The molecule has 1 nitrogen and oxygen atoms in total. The van der Waals surface area contributed by atoms with E-state index in [1.165, 1.54) is 95.1 Å². The van der Waals surface area contributed by atoms with E-state index >= 15 is 0 Å². The molecule has 0 saturated carbocycles. The molecule has 0 bridgehead atoms. The average molecular weight is 482 g/mol. The molecular formula is C28H35NS3. The number of thiophene rings is 3. The van der Waals surface area contributed by atoms with Crippen molar-refractivity contribution in [3.8, 4) is 30.9 Å². The van der Waals surface area contributed by atoms with Crippen molar-refractivity contribution in [3.05, 3.63) is 59.3 Å². The molecule has 4 rings (SSSR count). The van der Waals surface area contributed by atoms with Crippen LogP contribution >= 0.6 is 34.0 Å². The second-order valence-corrected chi connectivity index (χ2v) is 11.5. The van der Waals surface area contributed by atoms with Gasteiger partial charge in [0.25, 0.3) is 0 Å². The molecule has 0 aromatic carbocycles. The van der Waals surface area contributed by atoms with E-state index in [9.17, 15) is 0 Å². The first-order valence-corrected chi connectivity index (χ1v) is 14.8. The van der Waals surface area contributed by atoms with Crippen LogP contribution in [-0.4, -0.2) is 4.57 Å². The summed E-state index contributed by atoms with van der Waals surface area (Å²) >= 11 is 5.59. The van der Waals surface area contributed by atoms with Gasteiger partial charge in [-0.25, -0.2) is 0 Å². The van der Waals surface area contributed by atoms with Gasteiger partial charge >= 0.3 is 0 Å². The van der Waals surface area contributed by atoms with E-state index in [0.29, 0.717) is 0 Å². The Morgan fingerprint density at radius 3 is 1.75 bits per heavy atom. The van der Waals surface area contributed by atoms with Crippen molar-refractivity contribution in [1.82, 2.24) is 4.57 Å². The summed E-state index contributed by atoms with van der Waals surface area (Å²) in [6.07, 6.45) is 13.8. The highest BCUT2D eigenvalue weighted by atomic mass is 32.1. The maximum atomic E-state index is 2.57. The summed E-state index contributed by atoms with van der Waals surface area (Å²) in [4.78, 5) is 5.49. The van der Waals surface area contributed by atoms with Crippen LogP contribution in [0.1, 0.15) is 71.1 Å². The lowest BCUT2D eigenvalue weighted by molar-refractivity contribution is 0.538. The minimum Gasteiger partial charge on any atom is -0.339 e. The third-order valence-corrected chi connectivity index (χ3v) is 9.18. The summed E-state index contributed by atoms with van der Waals surface area (Å²) in [6.45, 7) is 3.40. The van der Waals surface area contributed by atoms with Gasteiger partial charge in [-0.2, -0.15) is 0 Å². The molecule has 0 fully saturated rings. The van der Waals surface area contributed by atoms with Crippen LogP contribution < -0.4 is 0 Å². The molecule has 0 atom stereocenters. The lowest BCUT2D eigenvalue weighted by Gasteiger charge is -2.12. The minimum absolute atomic E-state index is 1.11. The fourth-order valence-electron chi connectivity index (χ4n) is 4.35. The minimum atomic E-state index is 1.11. The van der Waals surface area contributed by atoms with Crippen molar-refractivity contribution in [3.63, 3.8) is 0 Å². The topological polar surface area (TPSA) is 4.93 Å². The van der Waals surface area contributed by atoms with Crippen molar-refractivity contribution in [2.75, 3.05) is 0 Å². The smallest absolute Gasteiger partial charge is 0.0587 e. The highest BCUT2D eigenvalue weighted by Crippen LogP contribution is 2.39. The first kappa shape index (κ1) is 23.5. The Labute approximate surface area is 205 Å². The average Bonchev–Trinajstić information content (AvgIpc) is 3.61. The molecule has 4 heterocycles. The number of rotatable bonds is 14. The predicted molar refractivity (Wildman–Crippen MR) is 146 cm³/mol. The van der Waals surface area contributed by atoms with E-state index in [-0.39, 0.29) is 0 Å². The molecule has 4 aromatic rings. The molecule has 0 N–H and O–H groups in total. The van der Waals surface area contributed by atoms with Crippen molar-refractivity contribution in [2.24, 2.45) is 0 Å². The molecule has 0 amide bonds. The van der Waals surface area contributed by atoms with Gasteiger partial charge in [0.05, 0.1) is 21.1 Å². The van der Waals surface area contributed by atoms with E-state index in [1.54, 1.807) is 0 Å². The number of hydrogen-bond acceptors (Lipinski definition) is 3. The fraction of sp³-hybridized carbons (Fsp3) is 0.429. The second kappa shape index (κ2) is 12.6. The van der Waals surface area contributed by atoms with Crippen LogP contribution in [0, 0.1) is 0 Å². The second-order valence-electron chi connectivity index (χ2n) is 8.56. The highest BCUT2D eigenvalue weighted by molar-refractivity contribution is 7.23. The van der Waals surface area contributed by atoms with E-state index in [0.717, 1.165) is 6.54 Å². The van der Waals surface area contributed by atoms with E-state index in [1.807, 2.05) is 34.0 Å². The Balaban J connectivity index is 1.37. The monoisotopic (exact) mass is 481 g/mol. The van der Waals surface area contributed by atoms with E-state index in [2.05, 4.69) is 70.8 Å². The molecule has 0 radical (unpaired) electrons. The van der Waals surface area contributed by atoms with Gasteiger partial charge in [-0.1, -0.05) is 76.8 Å². The van der Waals surface area contributed by atoms with Crippen LogP contribution in [0.2, 0.25) is 0 Å². The van der Waals surface area contributed by atoms with Crippen LogP contribution in [0.25, 0.3) is 30.9 Å². The van der Waals surface area contributed by atoms with Gasteiger partial charge in [0.15, 0.2) is 0 Å². The third kappa shape index (κ3) is 6.24. The Morgan fingerprint density at radius 1 is 0.562 bits per heavy atom. The normalized spacial score (nSPS) is 11.4. The number of nitrogens with zero attached hydrogens (tertiary/aromatic N) is 1. The maximum Gasteiger partial charge on any atom is 0.0587 e. The fourth-order valence-corrected chi connectivity index (χ4v) is 6.98. The van der Waals surface area contributed by atoms with Crippen molar-refractivity contribution in [1.29, 1.82) is 0 Å². The van der Waals surface area contributed by atoms with Crippen LogP contribution in [0.15, 0.2) is 59.3 Å². The third-order valence-electron chi connectivity index (χ3n) is 6.11. The molecule has 4 aromatic heterocycles. The standard InChI is InChI=1S/C28H35NS3/c1-2-3-4-5-6-7-8-9-10-11-20-29-23(25-14-12-21-30-25)16-17-24(29)26-18-19-28(32-26)27-15-13-22-31-27/h12-19,21-22H,2-11,20H2,1H3. The lowest BCUT2D eigenvalue weighted by atomic mass is 10.1. The molecule has 0 aliphatic rings. The SMILES string of the molecule is CCCCCCCCCCCCn1c(-c2cccs2)ccc1-c1ccc(-c2cccs2)s1. The van der Waals surface area contributed by atoms with Crippen LogP contribution in [0.4, 0.5) is 0 Å². The quantitative estimate of drug-likeness (QED) is 0.158. The van der Waals surface area contributed by atoms with E-state index in [4.69, 9.17) is 0 Å². The Morgan fingerprint density at radius 2 is 1.12 bits per heavy atom. The molecule has 4 heteroatoms. The number of unbranched alkanes of at least 4 members (excludes halogenated alkanes) is 9. The van der Waals surface area contributed by atoms with Gasteiger partial charge in [0, 0.05) is 16.3 Å². The molecule has 0 saturated heterocycles. The number of hydrogen-bond donors (Lipinski definition) is 0. The zero-order chi connectivity index (χ0) is 22.0. The lowest BCUT2D eigenvalue weighted by Crippen LogP contribution is -2.01. The predicted octanol–water partition coefficient (Wildman–Crippen LogP) is 10.6. The summed E-state index contributed by atoms with van der Waals surface area (Å²) in [5.74, 6) is 0. The number of aromatic nitrogens is 1. The van der Waals surface area contributed by atoms with Gasteiger partial charge in [-0.05, 0) is 53.6 Å². The first-order valence-electron chi connectivity index (χ1n) is 12.2. The van der Waals surface area contributed by atoms with Crippen molar-refractivity contribution >= 4 is 34.0 Å².